The average molecular weight is 415 g/mol. The fourth-order valence-electron chi connectivity index (χ4n) is 3.76. The molecule has 29 heavy (non-hydrogen) atoms. The molecule has 0 saturated heterocycles. The lowest BCUT2D eigenvalue weighted by atomic mass is 9.88. The summed E-state index contributed by atoms with van der Waals surface area (Å²) in [5.41, 5.74) is 2.64. The molecule has 4 rings (SSSR count). The highest BCUT2D eigenvalue weighted by atomic mass is 32.2. The molecule has 0 fully saturated rings. The molecular formula is C21H18FNO5S. The SMILES string of the molecule is COC(=O)c1cn(S(=O)(=O)c2cccc(F)c2)c2c1CCc1c(OC)cccc1-2. The number of fused-ring (bicyclic) bond motifs is 3. The van der Waals surface area contributed by atoms with E-state index in [0.29, 0.717) is 35.4 Å². The number of rotatable bonds is 4. The van der Waals surface area contributed by atoms with Crippen LogP contribution in [0.4, 0.5) is 4.39 Å². The number of aromatic nitrogens is 1. The molecule has 0 saturated carbocycles. The van der Waals surface area contributed by atoms with Gasteiger partial charge in [-0.05, 0) is 42.7 Å². The lowest BCUT2D eigenvalue weighted by Gasteiger charge is -2.22. The number of ether oxygens (including phenoxy) is 2. The van der Waals surface area contributed by atoms with Gasteiger partial charge in [0.15, 0.2) is 0 Å². The molecule has 0 unspecified atom stereocenters. The molecule has 0 atom stereocenters. The Morgan fingerprint density at radius 3 is 2.48 bits per heavy atom. The second-order valence-electron chi connectivity index (χ2n) is 6.61. The molecule has 1 aromatic heterocycles. The number of methoxy groups -OCH3 is 2. The number of carbonyl (C=O) groups excluding carboxylic acids is 1. The molecular weight excluding hydrogens is 397 g/mol. The van der Waals surface area contributed by atoms with Crippen LogP contribution in [-0.2, 0) is 27.6 Å². The second-order valence-corrected chi connectivity index (χ2v) is 8.42. The maximum absolute atomic E-state index is 13.7. The van der Waals surface area contributed by atoms with Crippen LogP contribution in [0.5, 0.6) is 5.75 Å². The van der Waals surface area contributed by atoms with Crippen molar-refractivity contribution in [3.8, 4) is 17.0 Å². The molecule has 3 aromatic rings. The van der Waals surface area contributed by atoms with Crippen LogP contribution >= 0.6 is 0 Å². The Morgan fingerprint density at radius 1 is 1.07 bits per heavy atom. The van der Waals surface area contributed by atoms with Crippen LogP contribution in [-0.4, -0.2) is 32.6 Å². The van der Waals surface area contributed by atoms with E-state index < -0.39 is 21.8 Å². The molecule has 0 spiro atoms. The molecule has 0 radical (unpaired) electrons. The van der Waals surface area contributed by atoms with E-state index >= 15 is 0 Å². The molecule has 0 aliphatic heterocycles. The largest absolute Gasteiger partial charge is 0.496 e. The first-order chi connectivity index (χ1) is 13.9. The van der Waals surface area contributed by atoms with Gasteiger partial charge in [0.1, 0.15) is 11.6 Å². The van der Waals surface area contributed by atoms with Crippen molar-refractivity contribution in [1.29, 1.82) is 0 Å². The molecule has 2 aromatic carbocycles. The average Bonchev–Trinajstić information content (AvgIpc) is 3.13. The fourth-order valence-corrected chi connectivity index (χ4v) is 5.19. The lowest BCUT2D eigenvalue weighted by Crippen LogP contribution is -2.16. The fraction of sp³-hybridized carbons (Fsp3) is 0.190. The smallest absolute Gasteiger partial charge is 0.339 e. The summed E-state index contributed by atoms with van der Waals surface area (Å²) >= 11 is 0. The van der Waals surface area contributed by atoms with E-state index in [1.54, 1.807) is 25.3 Å². The van der Waals surface area contributed by atoms with Crippen molar-refractivity contribution in [1.82, 2.24) is 3.97 Å². The quantitative estimate of drug-likeness (QED) is 0.611. The number of hydrogen-bond acceptors (Lipinski definition) is 5. The summed E-state index contributed by atoms with van der Waals surface area (Å²) in [6.45, 7) is 0. The molecule has 0 amide bonds. The molecule has 0 N–H and O–H groups in total. The number of hydrogen-bond donors (Lipinski definition) is 0. The van der Waals surface area contributed by atoms with Gasteiger partial charge in [0.25, 0.3) is 10.0 Å². The summed E-state index contributed by atoms with van der Waals surface area (Å²) in [7, 11) is -1.37. The lowest BCUT2D eigenvalue weighted by molar-refractivity contribution is 0.0599. The molecule has 1 aliphatic carbocycles. The zero-order valence-electron chi connectivity index (χ0n) is 15.8. The Balaban J connectivity index is 2.04. The van der Waals surface area contributed by atoms with Gasteiger partial charge in [0, 0.05) is 17.3 Å². The minimum atomic E-state index is -4.16. The second kappa shape index (κ2) is 7.04. The maximum atomic E-state index is 13.7. The van der Waals surface area contributed by atoms with Crippen LogP contribution in [0.3, 0.4) is 0 Å². The van der Waals surface area contributed by atoms with Crippen molar-refractivity contribution in [3.63, 3.8) is 0 Å². The van der Waals surface area contributed by atoms with Crippen molar-refractivity contribution in [2.24, 2.45) is 0 Å². The maximum Gasteiger partial charge on any atom is 0.339 e. The number of carbonyl (C=O) groups is 1. The number of esters is 1. The van der Waals surface area contributed by atoms with E-state index in [2.05, 4.69) is 0 Å². The van der Waals surface area contributed by atoms with E-state index in [9.17, 15) is 17.6 Å². The van der Waals surface area contributed by atoms with E-state index in [1.807, 2.05) is 0 Å². The highest BCUT2D eigenvalue weighted by molar-refractivity contribution is 7.90. The first kappa shape index (κ1) is 19.2. The number of benzene rings is 2. The zero-order valence-corrected chi connectivity index (χ0v) is 16.6. The van der Waals surface area contributed by atoms with Gasteiger partial charge in [-0.15, -0.1) is 0 Å². The minimum absolute atomic E-state index is 0.177. The normalized spacial score (nSPS) is 12.8. The van der Waals surface area contributed by atoms with Gasteiger partial charge in [0.05, 0.1) is 30.4 Å². The van der Waals surface area contributed by atoms with Gasteiger partial charge in [-0.2, -0.15) is 0 Å². The van der Waals surface area contributed by atoms with Crippen molar-refractivity contribution in [2.45, 2.75) is 17.7 Å². The molecule has 150 valence electrons. The third kappa shape index (κ3) is 3.00. The van der Waals surface area contributed by atoms with E-state index in [1.165, 1.54) is 31.5 Å². The number of nitrogens with zero attached hydrogens (tertiary/aromatic N) is 1. The van der Waals surface area contributed by atoms with Crippen LogP contribution in [0.25, 0.3) is 11.3 Å². The molecule has 8 heteroatoms. The Kier molecular flexibility index (Phi) is 4.66. The van der Waals surface area contributed by atoms with E-state index in [0.717, 1.165) is 15.6 Å². The van der Waals surface area contributed by atoms with Crippen LogP contribution in [0, 0.1) is 5.82 Å². The van der Waals surface area contributed by atoms with Crippen LogP contribution < -0.4 is 4.74 Å². The topological polar surface area (TPSA) is 74.6 Å². The van der Waals surface area contributed by atoms with Crippen molar-refractivity contribution >= 4 is 16.0 Å². The van der Waals surface area contributed by atoms with Gasteiger partial charge in [-0.25, -0.2) is 21.6 Å². The van der Waals surface area contributed by atoms with Gasteiger partial charge < -0.3 is 9.47 Å². The van der Waals surface area contributed by atoms with Gasteiger partial charge >= 0.3 is 5.97 Å². The summed E-state index contributed by atoms with van der Waals surface area (Å²) in [5, 5.41) is 0. The Morgan fingerprint density at radius 2 is 1.79 bits per heavy atom. The third-order valence-corrected chi connectivity index (χ3v) is 6.72. The minimum Gasteiger partial charge on any atom is -0.496 e. The molecule has 1 heterocycles. The van der Waals surface area contributed by atoms with Crippen LogP contribution in [0.1, 0.15) is 21.5 Å². The summed E-state index contributed by atoms with van der Waals surface area (Å²) in [5.74, 6) is -0.646. The zero-order chi connectivity index (χ0) is 20.8. The van der Waals surface area contributed by atoms with Crippen molar-refractivity contribution in [2.75, 3.05) is 14.2 Å². The van der Waals surface area contributed by atoms with Gasteiger partial charge in [0.2, 0.25) is 0 Å². The predicted octanol–water partition coefficient (Wildman–Crippen LogP) is 3.43. The summed E-state index contributed by atoms with van der Waals surface area (Å²) < 4.78 is 51.8. The highest BCUT2D eigenvalue weighted by Crippen LogP contribution is 2.41. The van der Waals surface area contributed by atoms with Gasteiger partial charge in [-0.3, -0.25) is 0 Å². The summed E-state index contributed by atoms with van der Waals surface area (Å²) in [6.07, 6.45) is 2.28. The Hall–Kier alpha value is -3.13. The number of halogens is 1. The Bertz CT molecular complexity index is 1230. The highest BCUT2D eigenvalue weighted by Gasteiger charge is 2.33. The first-order valence-electron chi connectivity index (χ1n) is 8.88. The molecule has 1 aliphatic rings. The summed E-state index contributed by atoms with van der Waals surface area (Å²) in [4.78, 5) is 12.1. The van der Waals surface area contributed by atoms with E-state index in [-0.39, 0.29) is 10.5 Å². The third-order valence-electron chi connectivity index (χ3n) is 5.07. The monoisotopic (exact) mass is 415 g/mol. The standard InChI is InChI=1S/C21H18FNO5S/c1-27-19-8-4-7-16-15(19)9-10-17-18(21(24)28-2)12-23(20(16)17)29(25,26)14-6-3-5-13(22)11-14/h3-8,11-12H,9-10H2,1-2H3. The summed E-state index contributed by atoms with van der Waals surface area (Å²) in [6, 6.07) is 10.1. The van der Waals surface area contributed by atoms with Crippen molar-refractivity contribution < 1.29 is 27.1 Å². The first-order valence-corrected chi connectivity index (χ1v) is 10.3. The van der Waals surface area contributed by atoms with Crippen LogP contribution in [0.15, 0.2) is 53.6 Å². The predicted molar refractivity (Wildman–Crippen MR) is 104 cm³/mol. The van der Waals surface area contributed by atoms with Gasteiger partial charge in [-0.1, -0.05) is 18.2 Å². The molecule has 6 nitrogen and oxygen atoms in total. The molecule has 0 bridgehead atoms. The van der Waals surface area contributed by atoms with Crippen LogP contribution in [0.2, 0.25) is 0 Å². The van der Waals surface area contributed by atoms with Crippen molar-refractivity contribution in [3.05, 3.63) is 71.2 Å². The van der Waals surface area contributed by atoms with E-state index in [4.69, 9.17) is 9.47 Å². The Labute approximate surface area is 167 Å².